The standard InChI is InChI=1S/C27H24/c1-2-7-15-22(14-6-1)26(23-16-8-3-9-17-23)27(24-18-10-4-11-19-24)25-20-12-5-13-21-25/h1-14,16-21,26-27H,15H2. The first-order valence-electron chi connectivity index (χ1n) is 9.60. The fourth-order valence-electron chi connectivity index (χ4n) is 4.00. The fraction of sp³-hybridized carbons (Fsp3) is 0.111. The van der Waals surface area contributed by atoms with Crippen molar-refractivity contribution in [2.75, 3.05) is 0 Å². The molecule has 0 bridgehead atoms. The van der Waals surface area contributed by atoms with Crippen LogP contribution in [-0.2, 0) is 0 Å². The average Bonchev–Trinajstić information content (AvgIpc) is 3.03. The van der Waals surface area contributed by atoms with Crippen LogP contribution in [0.1, 0.15) is 34.9 Å². The summed E-state index contributed by atoms with van der Waals surface area (Å²) >= 11 is 0. The van der Waals surface area contributed by atoms with Crippen LogP contribution >= 0.6 is 0 Å². The zero-order valence-corrected chi connectivity index (χ0v) is 15.4. The first-order chi connectivity index (χ1) is 13.4. The highest BCUT2D eigenvalue weighted by molar-refractivity contribution is 5.45. The Morgan fingerprint density at radius 1 is 0.481 bits per heavy atom. The summed E-state index contributed by atoms with van der Waals surface area (Å²) in [4.78, 5) is 0. The van der Waals surface area contributed by atoms with Crippen molar-refractivity contribution in [3.8, 4) is 0 Å². The molecule has 0 spiro atoms. The summed E-state index contributed by atoms with van der Waals surface area (Å²) < 4.78 is 0. The molecule has 132 valence electrons. The molecular weight excluding hydrogens is 324 g/mol. The van der Waals surface area contributed by atoms with E-state index in [9.17, 15) is 0 Å². The van der Waals surface area contributed by atoms with Crippen molar-refractivity contribution < 1.29 is 0 Å². The Morgan fingerprint density at radius 2 is 0.963 bits per heavy atom. The molecule has 0 heterocycles. The molecule has 3 aromatic carbocycles. The lowest BCUT2D eigenvalue weighted by molar-refractivity contribution is 0.669. The van der Waals surface area contributed by atoms with Gasteiger partial charge >= 0.3 is 0 Å². The predicted molar refractivity (Wildman–Crippen MR) is 115 cm³/mol. The second kappa shape index (κ2) is 8.51. The summed E-state index contributed by atoms with van der Waals surface area (Å²) in [5.41, 5.74) is 5.53. The predicted octanol–water partition coefficient (Wildman–Crippen LogP) is 7.04. The van der Waals surface area contributed by atoms with Gasteiger partial charge in [-0.25, -0.2) is 0 Å². The molecule has 1 atom stereocenters. The number of rotatable bonds is 5. The lowest BCUT2D eigenvalue weighted by atomic mass is 9.72. The van der Waals surface area contributed by atoms with Crippen LogP contribution in [0.5, 0.6) is 0 Å². The summed E-state index contributed by atoms with van der Waals surface area (Å²) in [5, 5.41) is 0. The van der Waals surface area contributed by atoms with Gasteiger partial charge in [-0.2, -0.15) is 0 Å². The second-order valence-corrected chi connectivity index (χ2v) is 6.95. The maximum absolute atomic E-state index is 2.30. The molecule has 1 aliphatic carbocycles. The topological polar surface area (TPSA) is 0 Å². The van der Waals surface area contributed by atoms with E-state index in [0.717, 1.165) is 6.42 Å². The minimum absolute atomic E-state index is 0.279. The van der Waals surface area contributed by atoms with E-state index < -0.39 is 0 Å². The van der Waals surface area contributed by atoms with Gasteiger partial charge in [-0.1, -0.05) is 127 Å². The molecule has 4 rings (SSSR count). The largest absolute Gasteiger partial charge is 0.0804 e. The number of hydrogen-bond acceptors (Lipinski definition) is 0. The molecule has 0 radical (unpaired) electrons. The highest BCUT2D eigenvalue weighted by Gasteiger charge is 2.28. The van der Waals surface area contributed by atoms with Crippen molar-refractivity contribution in [2.45, 2.75) is 18.3 Å². The van der Waals surface area contributed by atoms with Gasteiger partial charge in [0.05, 0.1) is 0 Å². The van der Waals surface area contributed by atoms with Gasteiger partial charge in [-0.3, -0.25) is 0 Å². The highest BCUT2D eigenvalue weighted by Crippen LogP contribution is 2.44. The Balaban J connectivity index is 1.90. The quantitative estimate of drug-likeness (QED) is 0.463. The van der Waals surface area contributed by atoms with E-state index in [1.807, 2.05) is 0 Å². The summed E-state index contributed by atoms with van der Waals surface area (Å²) in [6, 6.07) is 32.8. The molecule has 0 heteroatoms. The normalized spacial score (nSPS) is 14.6. The Morgan fingerprint density at radius 3 is 1.48 bits per heavy atom. The van der Waals surface area contributed by atoms with Crippen LogP contribution in [0, 0.1) is 0 Å². The Kier molecular flexibility index (Phi) is 5.45. The van der Waals surface area contributed by atoms with Gasteiger partial charge in [0.2, 0.25) is 0 Å². The van der Waals surface area contributed by atoms with Crippen LogP contribution in [0.4, 0.5) is 0 Å². The van der Waals surface area contributed by atoms with E-state index in [2.05, 4.69) is 121 Å². The molecule has 0 saturated heterocycles. The van der Waals surface area contributed by atoms with Crippen LogP contribution in [0.25, 0.3) is 0 Å². The fourth-order valence-corrected chi connectivity index (χ4v) is 4.00. The van der Waals surface area contributed by atoms with Gasteiger partial charge in [0, 0.05) is 11.8 Å². The molecular formula is C27H24. The Hall–Kier alpha value is -3.12. The zero-order chi connectivity index (χ0) is 18.3. The van der Waals surface area contributed by atoms with Crippen molar-refractivity contribution in [2.24, 2.45) is 0 Å². The van der Waals surface area contributed by atoms with Crippen LogP contribution < -0.4 is 0 Å². The highest BCUT2D eigenvalue weighted by atomic mass is 14.3. The summed E-state index contributed by atoms with van der Waals surface area (Å²) in [6.45, 7) is 0. The van der Waals surface area contributed by atoms with E-state index in [0.29, 0.717) is 5.92 Å². The van der Waals surface area contributed by atoms with Crippen molar-refractivity contribution >= 4 is 0 Å². The number of allylic oxidation sites excluding steroid dienone is 6. The molecule has 27 heavy (non-hydrogen) atoms. The zero-order valence-electron chi connectivity index (χ0n) is 15.4. The third-order valence-electron chi connectivity index (χ3n) is 5.23. The maximum Gasteiger partial charge on any atom is 0.0196 e. The van der Waals surface area contributed by atoms with E-state index in [4.69, 9.17) is 0 Å². The second-order valence-electron chi connectivity index (χ2n) is 6.95. The van der Waals surface area contributed by atoms with E-state index >= 15 is 0 Å². The van der Waals surface area contributed by atoms with Crippen molar-refractivity contribution in [1.82, 2.24) is 0 Å². The molecule has 1 aliphatic rings. The first kappa shape index (κ1) is 17.3. The smallest absolute Gasteiger partial charge is 0.0196 e. The van der Waals surface area contributed by atoms with Gasteiger partial charge in [-0.05, 0) is 23.1 Å². The molecule has 0 aromatic heterocycles. The van der Waals surface area contributed by atoms with Gasteiger partial charge in [0.25, 0.3) is 0 Å². The summed E-state index contributed by atoms with van der Waals surface area (Å²) in [7, 11) is 0. The molecule has 0 N–H and O–H groups in total. The average molecular weight is 348 g/mol. The number of hydrogen-bond donors (Lipinski definition) is 0. The van der Waals surface area contributed by atoms with Gasteiger partial charge in [0.1, 0.15) is 0 Å². The molecule has 0 amide bonds. The third kappa shape index (κ3) is 4.01. The van der Waals surface area contributed by atoms with Crippen LogP contribution in [0.15, 0.2) is 127 Å². The molecule has 1 unspecified atom stereocenters. The van der Waals surface area contributed by atoms with Gasteiger partial charge < -0.3 is 0 Å². The molecule has 0 nitrogen and oxygen atoms in total. The van der Waals surface area contributed by atoms with Crippen molar-refractivity contribution in [3.63, 3.8) is 0 Å². The van der Waals surface area contributed by atoms with Crippen LogP contribution in [-0.4, -0.2) is 0 Å². The lowest BCUT2D eigenvalue weighted by Gasteiger charge is -2.31. The monoisotopic (exact) mass is 348 g/mol. The number of benzene rings is 3. The Bertz CT molecular complexity index is 892. The molecule has 0 fully saturated rings. The van der Waals surface area contributed by atoms with E-state index in [-0.39, 0.29) is 5.92 Å². The third-order valence-corrected chi connectivity index (χ3v) is 5.23. The van der Waals surface area contributed by atoms with E-state index in [1.165, 1.54) is 22.3 Å². The molecule has 0 saturated carbocycles. The SMILES string of the molecule is C1=CC=C(C(c2ccccc2)C(c2ccccc2)c2ccccc2)CC=C1. The first-order valence-corrected chi connectivity index (χ1v) is 9.60. The van der Waals surface area contributed by atoms with Crippen LogP contribution in [0.3, 0.4) is 0 Å². The van der Waals surface area contributed by atoms with Crippen molar-refractivity contribution in [3.05, 3.63) is 144 Å². The minimum atomic E-state index is 0.279. The van der Waals surface area contributed by atoms with Crippen molar-refractivity contribution in [1.29, 1.82) is 0 Å². The summed E-state index contributed by atoms with van der Waals surface area (Å²) in [6.07, 6.45) is 12.0. The van der Waals surface area contributed by atoms with Gasteiger partial charge in [-0.15, -0.1) is 0 Å². The summed E-state index contributed by atoms with van der Waals surface area (Å²) in [5.74, 6) is 0.573. The maximum atomic E-state index is 2.30. The van der Waals surface area contributed by atoms with E-state index in [1.54, 1.807) is 0 Å². The molecule has 3 aromatic rings. The Labute approximate surface area is 162 Å². The van der Waals surface area contributed by atoms with Crippen LogP contribution in [0.2, 0.25) is 0 Å². The minimum Gasteiger partial charge on any atom is -0.0804 e. The lowest BCUT2D eigenvalue weighted by Crippen LogP contribution is -2.15. The van der Waals surface area contributed by atoms with Gasteiger partial charge in [0.15, 0.2) is 0 Å². The molecule has 0 aliphatic heterocycles.